The van der Waals surface area contributed by atoms with E-state index in [0.717, 1.165) is 0 Å². The topological polar surface area (TPSA) is 110 Å². The molecule has 2 amide bonds. The molecule has 1 aromatic carbocycles. The Labute approximate surface area is 150 Å². The van der Waals surface area contributed by atoms with Crippen molar-refractivity contribution in [3.63, 3.8) is 0 Å². The van der Waals surface area contributed by atoms with Crippen molar-refractivity contribution in [1.29, 1.82) is 0 Å². The molecule has 0 spiro atoms. The van der Waals surface area contributed by atoms with E-state index in [2.05, 4.69) is 15.6 Å². The number of carbonyl (C=O) groups is 3. The number of amides is 2. The van der Waals surface area contributed by atoms with E-state index in [9.17, 15) is 14.4 Å². The van der Waals surface area contributed by atoms with Crippen molar-refractivity contribution >= 4 is 29.2 Å². The van der Waals surface area contributed by atoms with Crippen molar-refractivity contribution in [2.45, 2.75) is 20.8 Å². The highest BCUT2D eigenvalue weighted by Gasteiger charge is 2.22. The second-order valence-electron chi connectivity index (χ2n) is 5.67. The van der Waals surface area contributed by atoms with Crippen molar-refractivity contribution in [1.82, 2.24) is 4.98 Å². The van der Waals surface area contributed by atoms with Gasteiger partial charge in [0.25, 0.3) is 5.91 Å². The predicted molar refractivity (Wildman–Crippen MR) is 96.9 cm³/mol. The normalized spacial score (nSPS) is 10.2. The van der Waals surface area contributed by atoms with Gasteiger partial charge in [0.1, 0.15) is 11.4 Å². The standard InChI is InChI=1S/C18H21N3O5/c1-9-15(18(24)26-5)10(2)19-16(9)17(23)21-12-6-7-13(20-11(3)22)14(8-12)25-4/h6-8,19H,1-5H3,(H,20,22)(H,21,23). The summed E-state index contributed by atoms with van der Waals surface area (Å²) in [7, 11) is 2.75. The number of hydrogen-bond donors (Lipinski definition) is 3. The fourth-order valence-corrected chi connectivity index (χ4v) is 2.64. The van der Waals surface area contributed by atoms with Crippen LogP contribution in [0.4, 0.5) is 11.4 Å². The van der Waals surface area contributed by atoms with Crippen molar-refractivity contribution in [3.8, 4) is 5.75 Å². The SMILES string of the molecule is COC(=O)c1c(C)[nH]c(C(=O)Nc2ccc(NC(C)=O)c(OC)c2)c1C. The van der Waals surface area contributed by atoms with Crippen LogP contribution in [-0.4, -0.2) is 37.0 Å². The number of aromatic nitrogens is 1. The molecule has 0 aliphatic heterocycles. The van der Waals surface area contributed by atoms with Crippen LogP contribution in [0.2, 0.25) is 0 Å². The highest BCUT2D eigenvalue weighted by atomic mass is 16.5. The molecule has 0 fully saturated rings. The van der Waals surface area contributed by atoms with E-state index < -0.39 is 11.9 Å². The van der Waals surface area contributed by atoms with Gasteiger partial charge in [-0.15, -0.1) is 0 Å². The number of aryl methyl sites for hydroxylation is 1. The van der Waals surface area contributed by atoms with E-state index in [1.807, 2.05) is 0 Å². The third-order valence-corrected chi connectivity index (χ3v) is 3.82. The maximum atomic E-state index is 12.6. The monoisotopic (exact) mass is 359 g/mol. The van der Waals surface area contributed by atoms with E-state index in [-0.39, 0.29) is 11.6 Å². The molecule has 2 rings (SSSR count). The first-order chi connectivity index (χ1) is 12.3. The summed E-state index contributed by atoms with van der Waals surface area (Å²) in [6, 6.07) is 4.86. The van der Waals surface area contributed by atoms with Crippen molar-refractivity contribution in [2.75, 3.05) is 24.9 Å². The van der Waals surface area contributed by atoms with Gasteiger partial charge in [-0.05, 0) is 31.5 Å². The molecule has 8 heteroatoms. The number of hydrogen-bond acceptors (Lipinski definition) is 5. The molecule has 0 unspecified atom stereocenters. The van der Waals surface area contributed by atoms with E-state index in [1.165, 1.54) is 21.1 Å². The maximum absolute atomic E-state index is 12.6. The highest BCUT2D eigenvalue weighted by Crippen LogP contribution is 2.28. The van der Waals surface area contributed by atoms with Gasteiger partial charge < -0.3 is 25.1 Å². The first-order valence-electron chi connectivity index (χ1n) is 7.83. The molecule has 1 heterocycles. The molecule has 0 saturated heterocycles. The number of benzene rings is 1. The molecular weight excluding hydrogens is 338 g/mol. The number of methoxy groups -OCH3 is 2. The van der Waals surface area contributed by atoms with Crippen LogP contribution in [0.3, 0.4) is 0 Å². The van der Waals surface area contributed by atoms with Crippen LogP contribution in [0.15, 0.2) is 18.2 Å². The number of anilines is 2. The zero-order valence-electron chi connectivity index (χ0n) is 15.3. The second kappa shape index (κ2) is 7.73. The van der Waals surface area contributed by atoms with E-state index in [1.54, 1.807) is 32.0 Å². The molecule has 26 heavy (non-hydrogen) atoms. The zero-order chi connectivity index (χ0) is 19.4. The van der Waals surface area contributed by atoms with Crippen molar-refractivity contribution in [3.05, 3.63) is 40.7 Å². The predicted octanol–water partition coefficient (Wildman–Crippen LogP) is 2.64. The number of carbonyl (C=O) groups excluding carboxylic acids is 3. The van der Waals surface area contributed by atoms with Gasteiger partial charge in [0.15, 0.2) is 0 Å². The Bertz CT molecular complexity index is 870. The summed E-state index contributed by atoms with van der Waals surface area (Å²) in [4.78, 5) is 38.5. The Morgan fingerprint density at radius 2 is 1.77 bits per heavy atom. The Hall–Kier alpha value is -3.29. The molecule has 0 bridgehead atoms. The zero-order valence-corrected chi connectivity index (χ0v) is 15.3. The van der Waals surface area contributed by atoms with Gasteiger partial charge in [0, 0.05) is 24.4 Å². The van der Waals surface area contributed by atoms with Crippen LogP contribution in [0.1, 0.15) is 39.0 Å². The van der Waals surface area contributed by atoms with Gasteiger partial charge >= 0.3 is 5.97 Å². The Morgan fingerprint density at radius 3 is 2.35 bits per heavy atom. The fourth-order valence-electron chi connectivity index (χ4n) is 2.64. The summed E-state index contributed by atoms with van der Waals surface area (Å²) in [5.74, 6) is -0.729. The number of ether oxygens (including phenoxy) is 2. The first kappa shape index (κ1) is 19.0. The van der Waals surface area contributed by atoms with Crippen LogP contribution in [-0.2, 0) is 9.53 Å². The molecule has 138 valence electrons. The molecule has 0 aliphatic carbocycles. The summed E-state index contributed by atoms with van der Waals surface area (Å²) in [6.45, 7) is 4.76. The van der Waals surface area contributed by atoms with Gasteiger partial charge in [-0.25, -0.2) is 4.79 Å². The second-order valence-corrected chi connectivity index (χ2v) is 5.67. The minimum Gasteiger partial charge on any atom is -0.494 e. The lowest BCUT2D eigenvalue weighted by atomic mass is 10.1. The lowest BCUT2D eigenvalue weighted by molar-refractivity contribution is -0.114. The Kier molecular flexibility index (Phi) is 5.66. The summed E-state index contributed by atoms with van der Waals surface area (Å²) >= 11 is 0. The third-order valence-electron chi connectivity index (χ3n) is 3.82. The minimum atomic E-state index is -0.503. The summed E-state index contributed by atoms with van der Waals surface area (Å²) in [5, 5.41) is 5.38. The lowest BCUT2D eigenvalue weighted by Gasteiger charge is -2.11. The average molecular weight is 359 g/mol. The quantitative estimate of drug-likeness (QED) is 0.711. The van der Waals surface area contributed by atoms with Crippen molar-refractivity contribution < 1.29 is 23.9 Å². The van der Waals surface area contributed by atoms with Crippen LogP contribution in [0, 0.1) is 13.8 Å². The summed E-state index contributed by atoms with van der Waals surface area (Å²) in [5.41, 5.74) is 2.65. The van der Waals surface area contributed by atoms with Gasteiger partial charge in [-0.3, -0.25) is 9.59 Å². The Balaban J connectivity index is 2.28. The molecule has 0 radical (unpaired) electrons. The molecular formula is C18H21N3O5. The Morgan fingerprint density at radius 1 is 1.08 bits per heavy atom. The average Bonchev–Trinajstić information content (AvgIpc) is 2.89. The number of H-pyrrole nitrogens is 1. The lowest BCUT2D eigenvalue weighted by Crippen LogP contribution is -2.14. The van der Waals surface area contributed by atoms with Gasteiger partial charge in [0.2, 0.25) is 5.91 Å². The maximum Gasteiger partial charge on any atom is 0.339 e. The molecule has 0 atom stereocenters. The van der Waals surface area contributed by atoms with Gasteiger partial charge in [0.05, 0.1) is 25.5 Å². The smallest absolute Gasteiger partial charge is 0.339 e. The molecule has 3 N–H and O–H groups in total. The number of esters is 1. The molecule has 0 saturated carbocycles. The summed E-state index contributed by atoms with van der Waals surface area (Å²) in [6.07, 6.45) is 0. The van der Waals surface area contributed by atoms with Gasteiger partial charge in [-0.1, -0.05) is 0 Å². The van der Waals surface area contributed by atoms with Crippen molar-refractivity contribution in [2.24, 2.45) is 0 Å². The third kappa shape index (κ3) is 3.85. The highest BCUT2D eigenvalue weighted by molar-refractivity contribution is 6.07. The van der Waals surface area contributed by atoms with E-state index >= 15 is 0 Å². The van der Waals surface area contributed by atoms with Crippen LogP contribution in [0.5, 0.6) is 5.75 Å². The van der Waals surface area contributed by atoms with Crippen LogP contribution in [0.25, 0.3) is 0 Å². The van der Waals surface area contributed by atoms with Crippen LogP contribution < -0.4 is 15.4 Å². The number of rotatable bonds is 5. The van der Waals surface area contributed by atoms with E-state index in [4.69, 9.17) is 9.47 Å². The number of nitrogens with one attached hydrogen (secondary N) is 3. The van der Waals surface area contributed by atoms with E-state index in [0.29, 0.717) is 33.9 Å². The minimum absolute atomic E-state index is 0.229. The molecule has 1 aromatic heterocycles. The largest absolute Gasteiger partial charge is 0.494 e. The molecule has 2 aromatic rings. The molecule has 0 aliphatic rings. The first-order valence-corrected chi connectivity index (χ1v) is 7.83. The molecule has 8 nitrogen and oxygen atoms in total. The number of aromatic amines is 1. The fraction of sp³-hybridized carbons (Fsp3) is 0.278. The summed E-state index contributed by atoms with van der Waals surface area (Å²) < 4.78 is 9.97. The van der Waals surface area contributed by atoms with Crippen LogP contribution >= 0.6 is 0 Å². The van der Waals surface area contributed by atoms with Gasteiger partial charge in [-0.2, -0.15) is 0 Å².